The molecule has 0 aliphatic heterocycles. The number of halogens is 1. The van der Waals surface area contributed by atoms with Crippen molar-refractivity contribution in [1.82, 2.24) is 15.0 Å². The third-order valence-electron chi connectivity index (χ3n) is 2.40. The van der Waals surface area contributed by atoms with Crippen molar-refractivity contribution in [2.45, 2.75) is 6.54 Å². The number of H-pyrrole nitrogens is 1. The van der Waals surface area contributed by atoms with Crippen LogP contribution in [0.1, 0.15) is 4.88 Å². The van der Waals surface area contributed by atoms with Gasteiger partial charge in [-0.1, -0.05) is 6.07 Å². The van der Waals surface area contributed by atoms with Crippen molar-refractivity contribution in [2.24, 2.45) is 0 Å². The van der Waals surface area contributed by atoms with Crippen LogP contribution >= 0.6 is 22.9 Å². The smallest absolute Gasteiger partial charge is 0.226 e. The summed E-state index contributed by atoms with van der Waals surface area (Å²) < 4.78 is 0. The highest BCUT2D eigenvalue weighted by Gasteiger charge is 2.07. The van der Waals surface area contributed by atoms with E-state index < -0.39 is 0 Å². The lowest BCUT2D eigenvalue weighted by molar-refractivity contribution is 1.12. The van der Waals surface area contributed by atoms with E-state index in [4.69, 9.17) is 11.6 Å². The fraction of sp³-hybridized carbons (Fsp3) is 0.0909. The molecule has 3 aromatic heterocycles. The first kappa shape index (κ1) is 10.6. The van der Waals surface area contributed by atoms with E-state index in [0.29, 0.717) is 0 Å². The monoisotopic (exact) mass is 264 g/mol. The first-order chi connectivity index (χ1) is 8.33. The van der Waals surface area contributed by atoms with E-state index in [2.05, 4.69) is 31.7 Å². The number of hydrogen-bond acceptors (Lipinski definition) is 4. The fourth-order valence-electron chi connectivity index (χ4n) is 1.63. The average molecular weight is 265 g/mol. The average Bonchev–Trinajstić information content (AvgIpc) is 2.95. The summed E-state index contributed by atoms with van der Waals surface area (Å²) in [6.45, 7) is 0.741. The molecule has 3 heterocycles. The van der Waals surface area contributed by atoms with E-state index in [1.807, 2.05) is 18.3 Å². The third kappa shape index (κ3) is 2.11. The van der Waals surface area contributed by atoms with Crippen molar-refractivity contribution in [1.29, 1.82) is 0 Å². The summed E-state index contributed by atoms with van der Waals surface area (Å²) in [4.78, 5) is 12.6. The van der Waals surface area contributed by atoms with Gasteiger partial charge in [0.1, 0.15) is 11.5 Å². The van der Waals surface area contributed by atoms with E-state index in [9.17, 15) is 0 Å². The minimum Gasteiger partial charge on any atom is -0.364 e. The summed E-state index contributed by atoms with van der Waals surface area (Å²) >= 11 is 7.57. The number of aromatic amines is 1. The van der Waals surface area contributed by atoms with Crippen LogP contribution in [-0.2, 0) is 6.54 Å². The number of thiophene rings is 1. The van der Waals surface area contributed by atoms with Crippen molar-refractivity contribution in [3.8, 4) is 0 Å². The number of nitrogens with one attached hydrogen (secondary N) is 2. The Hall–Kier alpha value is -1.59. The fourth-order valence-corrected chi connectivity index (χ4v) is 2.45. The Labute approximate surface area is 107 Å². The molecule has 4 nitrogen and oxygen atoms in total. The van der Waals surface area contributed by atoms with E-state index >= 15 is 0 Å². The molecule has 0 aliphatic carbocycles. The molecule has 86 valence electrons. The Morgan fingerprint density at radius 3 is 3.12 bits per heavy atom. The second-order valence-electron chi connectivity index (χ2n) is 3.51. The topological polar surface area (TPSA) is 53.6 Å². The predicted molar refractivity (Wildman–Crippen MR) is 70.5 cm³/mol. The number of anilines is 1. The zero-order valence-corrected chi connectivity index (χ0v) is 10.3. The summed E-state index contributed by atoms with van der Waals surface area (Å²) in [5.74, 6) is 0.759. The molecule has 0 aliphatic rings. The first-order valence-electron chi connectivity index (χ1n) is 5.10. The third-order valence-corrected chi connectivity index (χ3v) is 3.44. The van der Waals surface area contributed by atoms with Gasteiger partial charge in [0, 0.05) is 11.1 Å². The number of aromatic nitrogens is 3. The predicted octanol–water partition coefficient (Wildman–Crippen LogP) is 3.28. The van der Waals surface area contributed by atoms with Crippen LogP contribution in [0.4, 0.5) is 5.82 Å². The van der Waals surface area contributed by atoms with Crippen LogP contribution in [0.2, 0.25) is 5.28 Å². The van der Waals surface area contributed by atoms with Crippen molar-refractivity contribution < 1.29 is 0 Å². The van der Waals surface area contributed by atoms with Gasteiger partial charge in [-0.2, -0.15) is 4.98 Å². The maximum absolute atomic E-state index is 5.86. The molecule has 0 saturated carbocycles. The maximum Gasteiger partial charge on any atom is 0.226 e. The van der Waals surface area contributed by atoms with Gasteiger partial charge in [0.25, 0.3) is 0 Å². The van der Waals surface area contributed by atoms with Gasteiger partial charge in [0.15, 0.2) is 0 Å². The summed E-state index contributed by atoms with van der Waals surface area (Å²) in [6, 6.07) is 6.04. The molecule has 2 N–H and O–H groups in total. The first-order valence-corrected chi connectivity index (χ1v) is 6.35. The normalized spacial score (nSPS) is 10.9. The lowest BCUT2D eigenvalue weighted by atomic mass is 10.3. The molecule has 0 radical (unpaired) electrons. The van der Waals surface area contributed by atoms with Crippen LogP contribution < -0.4 is 5.32 Å². The Balaban J connectivity index is 1.91. The molecule has 0 saturated heterocycles. The second-order valence-corrected chi connectivity index (χ2v) is 4.88. The number of hydrogen-bond donors (Lipinski definition) is 2. The van der Waals surface area contributed by atoms with Gasteiger partial charge < -0.3 is 10.3 Å². The molecule has 0 unspecified atom stereocenters. The summed E-state index contributed by atoms with van der Waals surface area (Å²) in [6.07, 6.45) is 1.83. The zero-order chi connectivity index (χ0) is 11.7. The number of rotatable bonds is 3. The Morgan fingerprint density at radius 2 is 2.29 bits per heavy atom. The Morgan fingerprint density at radius 1 is 1.35 bits per heavy atom. The lowest BCUT2D eigenvalue weighted by Crippen LogP contribution is -2.01. The van der Waals surface area contributed by atoms with E-state index in [-0.39, 0.29) is 5.28 Å². The molecule has 0 amide bonds. The standard InChI is InChI=1S/C11H9ClN4S/c12-11-15-9-8(3-4-13-9)10(16-11)14-6-7-2-1-5-17-7/h1-5H,6H2,(H2,13,14,15,16). The number of fused-ring (bicyclic) bond motifs is 1. The molecular formula is C11H9ClN4S. The molecule has 3 aromatic rings. The molecule has 0 spiro atoms. The molecule has 3 rings (SSSR count). The highest BCUT2D eigenvalue weighted by Crippen LogP contribution is 2.22. The minimum atomic E-state index is 0.244. The van der Waals surface area contributed by atoms with Crippen molar-refractivity contribution in [3.63, 3.8) is 0 Å². The van der Waals surface area contributed by atoms with Crippen LogP contribution in [0.25, 0.3) is 11.0 Å². The van der Waals surface area contributed by atoms with Crippen LogP contribution in [0.5, 0.6) is 0 Å². The van der Waals surface area contributed by atoms with Gasteiger partial charge in [0.05, 0.1) is 11.9 Å². The van der Waals surface area contributed by atoms with E-state index in [1.165, 1.54) is 4.88 Å². The van der Waals surface area contributed by atoms with Crippen LogP contribution in [-0.4, -0.2) is 15.0 Å². The largest absolute Gasteiger partial charge is 0.364 e. The Kier molecular flexibility index (Phi) is 2.70. The molecule has 0 aromatic carbocycles. The Bertz CT molecular complexity index is 632. The van der Waals surface area contributed by atoms with Crippen molar-refractivity contribution >= 4 is 39.8 Å². The highest BCUT2D eigenvalue weighted by molar-refractivity contribution is 7.09. The molecule has 0 bridgehead atoms. The zero-order valence-electron chi connectivity index (χ0n) is 8.77. The van der Waals surface area contributed by atoms with Crippen LogP contribution in [0, 0.1) is 0 Å². The SMILES string of the molecule is Clc1nc(NCc2cccs2)c2cc[nH]c2n1. The van der Waals surface area contributed by atoms with Crippen molar-refractivity contribution in [3.05, 3.63) is 39.9 Å². The quantitative estimate of drug-likeness (QED) is 0.714. The molecule has 0 fully saturated rings. The molecular weight excluding hydrogens is 256 g/mol. The summed E-state index contributed by atoms with van der Waals surface area (Å²) in [5, 5.41) is 6.52. The van der Waals surface area contributed by atoms with Gasteiger partial charge in [-0.05, 0) is 29.1 Å². The second kappa shape index (κ2) is 4.35. The summed E-state index contributed by atoms with van der Waals surface area (Å²) in [7, 11) is 0. The van der Waals surface area contributed by atoms with Gasteiger partial charge in [-0.15, -0.1) is 11.3 Å². The van der Waals surface area contributed by atoms with E-state index in [0.717, 1.165) is 23.4 Å². The van der Waals surface area contributed by atoms with Gasteiger partial charge in [-0.3, -0.25) is 0 Å². The van der Waals surface area contributed by atoms with E-state index in [1.54, 1.807) is 11.3 Å². The van der Waals surface area contributed by atoms with Crippen molar-refractivity contribution in [2.75, 3.05) is 5.32 Å². The molecule has 0 atom stereocenters. The maximum atomic E-state index is 5.86. The van der Waals surface area contributed by atoms with Gasteiger partial charge >= 0.3 is 0 Å². The molecule has 6 heteroatoms. The van der Waals surface area contributed by atoms with Gasteiger partial charge in [-0.25, -0.2) is 4.98 Å². The molecule has 17 heavy (non-hydrogen) atoms. The summed E-state index contributed by atoms with van der Waals surface area (Å²) in [5.41, 5.74) is 0.749. The van der Waals surface area contributed by atoms with Gasteiger partial charge in [0.2, 0.25) is 5.28 Å². The highest BCUT2D eigenvalue weighted by atomic mass is 35.5. The minimum absolute atomic E-state index is 0.244. The lowest BCUT2D eigenvalue weighted by Gasteiger charge is -2.05. The van der Waals surface area contributed by atoms with Crippen LogP contribution in [0.3, 0.4) is 0 Å². The van der Waals surface area contributed by atoms with Crippen LogP contribution in [0.15, 0.2) is 29.8 Å². The number of nitrogens with zero attached hydrogens (tertiary/aromatic N) is 2.